The van der Waals surface area contributed by atoms with Crippen LogP contribution in [-0.4, -0.2) is 68.3 Å². The fourth-order valence-electron chi connectivity index (χ4n) is 5.57. The first-order valence-corrected chi connectivity index (χ1v) is 11.7. The monoisotopic (exact) mass is 515 g/mol. The highest BCUT2D eigenvalue weighted by atomic mass is 16.5. The van der Waals surface area contributed by atoms with E-state index in [4.69, 9.17) is 9.47 Å². The Morgan fingerprint density at radius 3 is 2.45 bits per heavy atom. The largest absolute Gasteiger partial charge is 0.507 e. The molecular weight excluding hydrogens is 494 g/mol. The van der Waals surface area contributed by atoms with E-state index in [1.54, 1.807) is 30.3 Å². The normalized spacial score (nSPS) is 23.9. The van der Waals surface area contributed by atoms with E-state index in [0.717, 1.165) is 17.9 Å². The maximum absolute atomic E-state index is 14.0. The highest BCUT2D eigenvalue weighted by molar-refractivity contribution is 6.35. The summed E-state index contributed by atoms with van der Waals surface area (Å²) in [6.07, 6.45) is 1.85. The van der Waals surface area contributed by atoms with Crippen LogP contribution in [0.25, 0.3) is 10.8 Å². The van der Waals surface area contributed by atoms with Crippen LogP contribution in [0.1, 0.15) is 42.2 Å². The van der Waals surface area contributed by atoms with Crippen molar-refractivity contribution in [3.63, 3.8) is 0 Å². The third kappa shape index (κ3) is 2.89. The van der Waals surface area contributed by atoms with Crippen molar-refractivity contribution in [2.45, 2.75) is 24.4 Å². The van der Waals surface area contributed by atoms with E-state index in [1.165, 1.54) is 24.1 Å². The molecule has 10 nitrogen and oxygen atoms in total. The maximum Gasteiger partial charge on any atom is 0.270 e. The first-order valence-electron chi connectivity index (χ1n) is 11.7. The first kappa shape index (κ1) is 23.8. The van der Waals surface area contributed by atoms with Gasteiger partial charge in [-0.25, -0.2) is 0 Å². The van der Waals surface area contributed by atoms with Gasteiger partial charge in [-0.3, -0.25) is 19.2 Å². The average Bonchev–Trinajstić information content (AvgIpc) is 3.42. The molecule has 1 amide bonds. The van der Waals surface area contributed by atoms with Gasteiger partial charge in [-0.2, -0.15) is 0 Å². The molecule has 1 aliphatic carbocycles. The van der Waals surface area contributed by atoms with Crippen LogP contribution in [0.5, 0.6) is 11.5 Å². The molecule has 0 saturated carbocycles. The van der Waals surface area contributed by atoms with Crippen molar-refractivity contribution in [2.24, 2.45) is 0 Å². The van der Waals surface area contributed by atoms with Gasteiger partial charge in [0.15, 0.2) is 0 Å². The second-order valence-electron chi connectivity index (χ2n) is 9.62. The molecule has 0 saturated heterocycles. The Kier molecular flexibility index (Phi) is 5.00. The average molecular weight is 515 g/mol. The fourth-order valence-corrected chi connectivity index (χ4v) is 5.57. The minimum Gasteiger partial charge on any atom is -0.507 e. The zero-order valence-corrected chi connectivity index (χ0v) is 20.1. The molecule has 0 bridgehead atoms. The van der Waals surface area contributed by atoms with Crippen LogP contribution >= 0.6 is 0 Å². The molecule has 2 heterocycles. The van der Waals surface area contributed by atoms with Gasteiger partial charge in [0.2, 0.25) is 23.0 Å². The Labute approximate surface area is 215 Å². The summed E-state index contributed by atoms with van der Waals surface area (Å²) in [7, 11) is 1.51. The number of nitrogens with zero attached hydrogens (tertiary/aromatic N) is 1. The molecule has 2 aliphatic heterocycles. The Bertz CT molecular complexity index is 1630. The lowest BCUT2D eigenvalue weighted by molar-refractivity contribution is -0.155. The smallest absolute Gasteiger partial charge is 0.270 e. The SMILES string of the molecule is CN1Cc2c(c(O)cc3cc4c(c(O)c23)C(=O)C2(OC=CC2=O)C(O)(COCc2ccccc2)C4=O)C1=O. The van der Waals surface area contributed by atoms with E-state index in [2.05, 4.69) is 0 Å². The summed E-state index contributed by atoms with van der Waals surface area (Å²) in [5.41, 5.74) is -5.37. The Balaban J connectivity index is 1.53. The van der Waals surface area contributed by atoms with E-state index in [9.17, 15) is 34.5 Å². The number of fused-ring (bicyclic) bond motifs is 4. The number of hydrogen-bond donors (Lipinski definition) is 3. The quantitative estimate of drug-likeness (QED) is 0.443. The van der Waals surface area contributed by atoms with Crippen LogP contribution in [-0.2, 0) is 27.4 Å². The number of aromatic hydroxyl groups is 2. The van der Waals surface area contributed by atoms with Crippen molar-refractivity contribution in [2.75, 3.05) is 13.7 Å². The van der Waals surface area contributed by atoms with Crippen LogP contribution in [0.4, 0.5) is 0 Å². The number of phenolic OH excluding ortho intramolecular Hbond substituents is 2. The molecule has 0 radical (unpaired) electrons. The number of ether oxygens (including phenoxy) is 2. The predicted molar refractivity (Wildman–Crippen MR) is 131 cm³/mol. The summed E-state index contributed by atoms with van der Waals surface area (Å²) >= 11 is 0. The van der Waals surface area contributed by atoms with E-state index in [0.29, 0.717) is 0 Å². The molecule has 3 aromatic rings. The molecule has 3 aromatic carbocycles. The molecule has 6 rings (SSSR count). The van der Waals surface area contributed by atoms with Gasteiger partial charge in [0, 0.05) is 30.6 Å². The predicted octanol–water partition coefficient (Wildman–Crippen LogP) is 2.02. The molecule has 192 valence electrons. The minimum absolute atomic E-state index is 0.0276. The molecule has 2 atom stereocenters. The summed E-state index contributed by atoms with van der Waals surface area (Å²) in [4.78, 5) is 54.8. The van der Waals surface area contributed by atoms with Gasteiger partial charge in [-0.15, -0.1) is 0 Å². The summed E-state index contributed by atoms with van der Waals surface area (Å²) < 4.78 is 11.0. The van der Waals surface area contributed by atoms with Crippen LogP contribution in [0.2, 0.25) is 0 Å². The standard InChI is InChI=1S/C28H21NO9/c1-29-11-17-20-15(10-18(30)21(17)26(29)35)9-16-22(23(20)32)25(34)28(19(31)7-8-38-28)27(36,24(16)33)13-37-12-14-5-3-2-4-6-14/h2-10,30,32,36H,11-13H2,1H3. The number of carbonyl (C=O) groups excluding carboxylic acids is 4. The highest BCUT2D eigenvalue weighted by Crippen LogP contribution is 2.49. The van der Waals surface area contributed by atoms with Gasteiger partial charge in [0.1, 0.15) is 11.5 Å². The van der Waals surface area contributed by atoms with Gasteiger partial charge >= 0.3 is 0 Å². The Hall–Kier alpha value is -4.54. The second kappa shape index (κ2) is 7.98. The van der Waals surface area contributed by atoms with E-state index < -0.39 is 52.4 Å². The first-order chi connectivity index (χ1) is 18.1. The van der Waals surface area contributed by atoms with Crippen LogP contribution in [0, 0.1) is 0 Å². The van der Waals surface area contributed by atoms with Crippen molar-refractivity contribution in [3.8, 4) is 11.5 Å². The lowest BCUT2D eigenvalue weighted by atomic mass is 9.65. The number of aliphatic hydroxyl groups is 1. The number of rotatable bonds is 4. The van der Waals surface area contributed by atoms with E-state index >= 15 is 0 Å². The van der Waals surface area contributed by atoms with Gasteiger partial charge in [0.05, 0.1) is 30.6 Å². The molecule has 3 N–H and O–H groups in total. The molecule has 2 unspecified atom stereocenters. The number of benzene rings is 3. The summed E-state index contributed by atoms with van der Waals surface area (Å²) in [5.74, 6) is -4.64. The van der Waals surface area contributed by atoms with Crippen LogP contribution in [0.3, 0.4) is 0 Å². The molecule has 10 heteroatoms. The van der Waals surface area contributed by atoms with Crippen molar-refractivity contribution in [1.29, 1.82) is 0 Å². The number of phenols is 2. The third-order valence-electron chi connectivity index (χ3n) is 7.42. The lowest BCUT2D eigenvalue weighted by Crippen LogP contribution is -2.71. The lowest BCUT2D eigenvalue weighted by Gasteiger charge is -2.43. The highest BCUT2D eigenvalue weighted by Gasteiger charge is 2.71. The molecule has 0 fully saturated rings. The zero-order valence-electron chi connectivity index (χ0n) is 20.1. The summed E-state index contributed by atoms with van der Waals surface area (Å²) in [6.45, 7) is -0.750. The van der Waals surface area contributed by atoms with E-state index in [-0.39, 0.29) is 46.4 Å². The molecule has 0 aromatic heterocycles. The Morgan fingerprint density at radius 2 is 1.76 bits per heavy atom. The van der Waals surface area contributed by atoms with Gasteiger partial charge < -0.3 is 29.7 Å². The van der Waals surface area contributed by atoms with Crippen LogP contribution in [0.15, 0.2) is 54.8 Å². The zero-order chi connectivity index (χ0) is 27.0. The number of ketones is 3. The third-order valence-corrected chi connectivity index (χ3v) is 7.42. The molecule has 3 aliphatic rings. The molecule has 1 spiro atoms. The Morgan fingerprint density at radius 1 is 1.03 bits per heavy atom. The summed E-state index contributed by atoms with van der Waals surface area (Å²) in [6, 6.07) is 11.3. The second-order valence-corrected chi connectivity index (χ2v) is 9.62. The van der Waals surface area contributed by atoms with Crippen molar-refractivity contribution < 1.29 is 44.0 Å². The number of amides is 1. The van der Waals surface area contributed by atoms with Gasteiger partial charge in [0.25, 0.3) is 11.5 Å². The number of carbonyl (C=O) groups is 4. The molecule has 38 heavy (non-hydrogen) atoms. The van der Waals surface area contributed by atoms with E-state index in [1.807, 2.05) is 0 Å². The maximum atomic E-state index is 14.0. The number of Topliss-reactive ketones (excluding diaryl/α,β-unsaturated/α-hetero) is 2. The summed E-state index contributed by atoms with van der Waals surface area (Å²) in [5, 5.41) is 33.9. The molecular formula is C28H21NO9. The van der Waals surface area contributed by atoms with Gasteiger partial charge in [-0.1, -0.05) is 30.3 Å². The topological polar surface area (TPSA) is 151 Å². The fraction of sp³-hybridized carbons (Fsp3) is 0.214. The minimum atomic E-state index is -2.76. The van der Waals surface area contributed by atoms with Crippen molar-refractivity contribution >= 4 is 34.0 Å². The van der Waals surface area contributed by atoms with Gasteiger partial charge in [-0.05, 0) is 28.6 Å². The van der Waals surface area contributed by atoms with Crippen molar-refractivity contribution in [3.05, 3.63) is 82.6 Å². The number of hydrogen-bond acceptors (Lipinski definition) is 9. The van der Waals surface area contributed by atoms with Crippen molar-refractivity contribution in [1.82, 2.24) is 4.90 Å². The van der Waals surface area contributed by atoms with Crippen LogP contribution < -0.4 is 0 Å².